The summed E-state index contributed by atoms with van der Waals surface area (Å²) < 4.78 is 5.43. The summed E-state index contributed by atoms with van der Waals surface area (Å²) in [5, 5.41) is 10.2. The molecule has 15 heavy (non-hydrogen) atoms. The van der Waals surface area contributed by atoms with Crippen molar-refractivity contribution >= 4 is 11.6 Å². The molecule has 0 radical (unpaired) electrons. The lowest BCUT2D eigenvalue weighted by molar-refractivity contribution is 0.168. The largest absolute Gasteiger partial charge is 0.488 e. The number of para-hydroxylation sites is 1. The topological polar surface area (TPSA) is 29.5 Å². The van der Waals surface area contributed by atoms with E-state index in [1.807, 2.05) is 31.2 Å². The van der Waals surface area contributed by atoms with E-state index in [9.17, 15) is 5.11 Å². The number of hydrogen-bond donors (Lipinski definition) is 1. The summed E-state index contributed by atoms with van der Waals surface area (Å²) in [5.74, 6) is 0.661. The second-order valence-corrected chi connectivity index (χ2v) is 3.80. The van der Waals surface area contributed by atoms with Crippen LogP contribution in [0.15, 0.2) is 35.9 Å². The summed E-state index contributed by atoms with van der Waals surface area (Å²) in [6.45, 7) is 5.72. The third-order valence-electron chi connectivity index (χ3n) is 2.05. The third-order valence-corrected chi connectivity index (χ3v) is 2.16. The lowest BCUT2D eigenvalue weighted by Crippen LogP contribution is -2.03. The predicted molar refractivity (Wildman–Crippen MR) is 62.2 cm³/mol. The van der Waals surface area contributed by atoms with Crippen LogP contribution in [0.1, 0.15) is 25.0 Å². The van der Waals surface area contributed by atoms with Crippen LogP contribution in [0.25, 0.3) is 0 Å². The van der Waals surface area contributed by atoms with Gasteiger partial charge in [-0.2, -0.15) is 0 Å². The zero-order valence-electron chi connectivity index (χ0n) is 8.74. The SMILES string of the molecule is C=C(Cl)COc1ccccc1[C@@H](O)CC. The molecule has 0 amide bonds. The van der Waals surface area contributed by atoms with E-state index in [-0.39, 0.29) is 6.61 Å². The quantitative estimate of drug-likeness (QED) is 0.835. The first kappa shape index (κ1) is 12.1. The van der Waals surface area contributed by atoms with Gasteiger partial charge in [0.25, 0.3) is 0 Å². The van der Waals surface area contributed by atoms with Gasteiger partial charge in [-0.15, -0.1) is 0 Å². The van der Waals surface area contributed by atoms with E-state index in [0.29, 0.717) is 17.2 Å². The molecule has 0 unspecified atom stereocenters. The lowest BCUT2D eigenvalue weighted by Gasteiger charge is -2.14. The fraction of sp³-hybridized carbons (Fsp3) is 0.333. The van der Waals surface area contributed by atoms with Gasteiger partial charge in [0.15, 0.2) is 0 Å². The number of rotatable bonds is 5. The highest BCUT2D eigenvalue weighted by Crippen LogP contribution is 2.27. The molecule has 1 atom stereocenters. The molecular formula is C12H15ClO2. The molecule has 1 rings (SSSR count). The fourth-order valence-corrected chi connectivity index (χ4v) is 1.32. The van der Waals surface area contributed by atoms with Gasteiger partial charge < -0.3 is 9.84 Å². The van der Waals surface area contributed by atoms with Crippen LogP contribution in [0.3, 0.4) is 0 Å². The maximum absolute atomic E-state index is 9.74. The molecule has 1 N–H and O–H groups in total. The zero-order valence-corrected chi connectivity index (χ0v) is 9.50. The maximum Gasteiger partial charge on any atom is 0.125 e. The zero-order chi connectivity index (χ0) is 11.3. The van der Waals surface area contributed by atoms with Crippen molar-refractivity contribution in [3.05, 3.63) is 41.4 Å². The van der Waals surface area contributed by atoms with Crippen molar-refractivity contribution in [1.29, 1.82) is 0 Å². The minimum Gasteiger partial charge on any atom is -0.488 e. The number of halogens is 1. The molecular weight excluding hydrogens is 212 g/mol. The van der Waals surface area contributed by atoms with Crippen LogP contribution in [-0.4, -0.2) is 11.7 Å². The minimum absolute atomic E-state index is 0.259. The summed E-state index contributed by atoms with van der Waals surface area (Å²) in [6.07, 6.45) is 0.159. The molecule has 0 saturated carbocycles. The Labute approximate surface area is 95.1 Å². The highest BCUT2D eigenvalue weighted by molar-refractivity contribution is 6.29. The third kappa shape index (κ3) is 3.57. The van der Waals surface area contributed by atoms with Crippen LogP contribution in [-0.2, 0) is 0 Å². The van der Waals surface area contributed by atoms with Crippen LogP contribution in [0.2, 0.25) is 0 Å². The first-order chi connectivity index (χ1) is 7.15. The van der Waals surface area contributed by atoms with Crippen LogP contribution in [0, 0.1) is 0 Å². The number of benzene rings is 1. The second-order valence-electron chi connectivity index (χ2n) is 3.27. The van der Waals surface area contributed by atoms with Crippen LogP contribution >= 0.6 is 11.6 Å². The van der Waals surface area contributed by atoms with Crippen molar-refractivity contribution in [2.75, 3.05) is 6.61 Å². The molecule has 0 fully saturated rings. The molecule has 3 heteroatoms. The average Bonchev–Trinajstić information content (AvgIpc) is 2.25. The number of hydrogen-bond acceptors (Lipinski definition) is 2. The average molecular weight is 227 g/mol. The van der Waals surface area contributed by atoms with Gasteiger partial charge in [0.1, 0.15) is 12.4 Å². The van der Waals surface area contributed by atoms with E-state index in [1.165, 1.54) is 0 Å². The summed E-state index contributed by atoms with van der Waals surface area (Å²) in [5.41, 5.74) is 0.790. The van der Waals surface area contributed by atoms with Crippen molar-refractivity contribution in [2.24, 2.45) is 0 Å². The first-order valence-electron chi connectivity index (χ1n) is 4.88. The Morgan fingerprint density at radius 1 is 1.53 bits per heavy atom. The highest BCUT2D eigenvalue weighted by Gasteiger charge is 2.10. The molecule has 0 aromatic heterocycles. The summed E-state index contributed by atoms with van der Waals surface area (Å²) in [4.78, 5) is 0. The smallest absolute Gasteiger partial charge is 0.125 e. The van der Waals surface area contributed by atoms with Crippen molar-refractivity contribution in [3.8, 4) is 5.75 Å². The monoisotopic (exact) mass is 226 g/mol. The standard InChI is InChI=1S/C12H15ClO2/c1-3-11(14)10-6-4-5-7-12(10)15-8-9(2)13/h4-7,11,14H,2-3,8H2,1H3/t11-/m0/s1. The maximum atomic E-state index is 9.74. The lowest BCUT2D eigenvalue weighted by atomic mass is 10.1. The van der Waals surface area contributed by atoms with E-state index in [4.69, 9.17) is 16.3 Å². The molecule has 0 bridgehead atoms. The minimum atomic E-state index is -0.496. The van der Waals surface area contributed by atoms with E-state index >= 15 is 0 Å². The predicted octanol–water partition coefficient (Wildman–Crippen LogP) is 3.26. The van der Waals surface area contributed by atoms with E-state index in [2.05, 4.69) is 6.58 Å². The molecule has 0 aliphatic heterocycles. The Morgan fingerprint density at radius 3 is 2.80 bits per heavy atom. The normalized spacial score (nSPS) is 12.2. The van der Waals surface area contributed by atoms with E-state index in [1.54, 1.807) is 0 Å². The van der Waals surface area contributed by atoms with Gasteiger partial charge in [-0.05, 0) is 12.5 Å². The van der Waals surface area contributed by atoms with Crippen molar-refractivity contribution in [2.45, 2.75) is 19.4 Å². The van der Waals surface area contributed by atoms with Gasteiger partial charge in [0.05, 0.1) is 6.10 Å². The summed E-state index contributed by atoms with van der Waals surface area (Å²) >= 11 is 5.61. The molecule has 82 valence electrons. The highest BCUT2D eigenvalue weighted by atomic mass is 35.5. The van der Waals surface area contributed by atoms with Crippen LogP contribution < -0.4 is 4.74 Å². The van der Waals surface area contributed by atoms with Crippen molar-refractivity contribution in [1.82, 2.24) is 0 Å². The Balaban J connectivity index is 2.81. The molecule has 0 heterocycles. The van der Waals surface area contributed by atoms with Crippen molar-refractivity contribution in [3.63, 3.8) is 0 Å². The molecule has 1 aromatic rings. The summed E-state index contributed by atoms with van der Waals surface area (Å²) in [7, 11) is 0. The fourth-order valence-electron chi connectivity index (χ4n) is 1.26. The molecule has 0 spiro atoms. The Bertz CT molecular complexity index is 336. The van der Waals surface area contributed by atoms with Gasteiger partial charge in [-0.3, -0.25) is 0 Å². The van der Waals surface area contributed by atoms with Crippen LogP contribution in [0.5, 0.6) is 5.75 Å². The van der Waals surface area contributed by atoms with Crippen LogP contribution in [0.4, 0.5) is 0 Å². The van der Waals surface area contributed by atoms with Gasteiger partial charge in [0, 0.05) is 10.6 Å². The van der Waals surface area contributed by atoms with E-state index < -0.39 is 6.10 Å². The molecule has 1 aromatic carbocycles. The Hall–Kier alpha value is -0.990. The van der Waals surface area contributed by atoms with Gasteiger partial charge in [0.2, 0.25) is 0 Å². The van der Waals surface area contributed by atoms with Crippen molar-refractivity contribution < 1.29 is 9.84 Å². The Kier molecular flexibility index (Phi) is 4.66. The molecule has 0 aliphatic carbocycles. The van der Waals surface area contributed by atoms with Gasteiger partial charge in [-0.25, -0.2) is 0 Å². The second kappa shape index (κ2) is 5.79. The number of aliphatic hydroxyl groups excluding tert-OH is 1. The molecule has 2 nitrogen and oxygen atoms in total. The van der Waals surface area contributed by atoms with Gasteiger partial charge in [-0.1, -0.05) is 43.3 Å². The number of ether oxygens (including phenoxy) is 1. The van der Waals surface area contributed by atoms with E-state index in [0.717, 1.165) is 5.56 Å². The first-order valence-corrected chi connectivity index (χ1v) is 5.26. The Morgan fingerprint density at radius 2 is 2.20 bits per heavy atom. The summed E-state index contributed by atoms with van der Waals surface area (Å²) in [6, 6.07) is 7.39. The molecule has 0 saturated heterocycles. The number of aliphatic hydroxyl groups is 1. The van der Waals surface area contributed by atoms with Gasteiger partial charge >= 0.3 is 0 Å². The molecule has 0 aliphatic rings.